The summed E-state index contributed by atoms with van der Waals surface area (Å²) in [7, 11) is 0. The van der Waals surface area contributed by atoms with Gasteiger partial charge >= 0.3 is 0 Å². The Morgan fingerprint density at radius 2 is 1.29 bits per heavy atom. The van der Waals surface area contributed by atoms with Gasteiger partial charge in [-0.15, -0.1) is 0 Å². The van der Waals surface area contributed by atoms with Crippen molar-refractivity contribution < 1.29 is 9.47 Å². The molecule has 0 saturated heterocycles. The third-order valence-electron chi connectivity index (χ3n) is 7.67. The van der Waals surface area contributed by atoms with E-state index in [1.54, 1.807) is 0 Å². The molecular weight excluding hydrogens is 416 g/mol. The lowest BCUT2D eigenvalue weighted by atomic mass is 9.78. The second-order valence-electron chi connectivity index (χ2n) is 10.6. The van der Waals surface area contributed by atoms with E-state index in [-0.39, 0.29) is 5.41 Å². The first-order chi connectivity index (χ1) is 16.4. The molecule has 0 spiro atoms. The van der Waals surface area contributed by atoms with Gasteiger partial charge in [-0.25, -0.2) is 0 Å². The average Bonchev–Trinajstić information content (AvgIpc) is 2.87. The van der Waals surface area contributed by atoms with E-state index in [4.69, 9.17) is 9.47 Å². The molecular formula is C32H40O2. The van der Waals surface area contributed by atoms with E-state index in [0.29, 0.717) is 12.5 Å². The van der Waals surface area contributed by atoms with E-state index in [0.717, 1.165) is 24.0 Å². The molecule has 3 aromatic carbocycles. The van der Waals surface area contributed by atoms with Crippen molar-refractivity contribution in [2.75, 3.05) is 6.61 Å². The lowest BCUT2D eigenvalue weighted by molar-refractivity contribution is 0.181. The van der Waals surface area contributed by atoms with Crippen molar-refractivity contribution in [3.05, 3.63) is 95.1 Å². The first kappa shape index (κ1) is 24.4. The zero-order valence-corrected chi connectivity index (χ0v) is 21.3. The van der Waals surface area contributed by atoms with Crippen molar-refractivity contribution in [1.29, 1.82) is 0 Å². The third kappa shape index (κ3) is 6.23. The van der Waals surface area contributed by atoms with Crippen LogP contribution < -0.4 is 9.47 Å². The highest BCUT2D eigenvalue weighted by molar-refractivity contribution is 5.42. The maximum absolute atomic E-state index is 6.16. The highest BCUT2D eigenvalue weighted by Gasteiger charge is 2.24. The molecule has 2 nitrogen and oxygen atoms in total. The normalized spacial score (nSPS) is 18.5. The van der Waals surface area contributed by atoms with Crippen molar-refractivity contribution in [2.45, 2.75) is 71.8 Å². The summed E-state index contributed by atoms with van der Waals surface area (Å²) >= 11 is 0. The van der Waals surface area contributed by atoms with Crippen molar-refractivity contribution in [1.82, 2.24) is 0 Å². The van der Waals surface area contributed by atoms with Gasteiger partial charge in [-0.1, -0.05) is 94.1 Å². The molecule has 0 aliphatic heterocycles. The van der Waals surface area contributed by atoms with Gasteiger partial charge in [-0.2, -0.15) is 0 Å². The zero-order valence-electron chi connectivity index (χ0n) is 21.3. The quantitative estimate of drug-likeness (QED) is 0.321. The van der Waals surface area contributed by atoms with Crippen LogP contribution in [0.5, 0.6) is 11.5 Å². The Kier molecular flexibility index (Phi) is 7.98. The Labute approximate surface area is 206 Å². The largest absolute Gasteiger partial charge is 0.493 e. The SMILES string of the molecule is CCC1CCC(COc2ccc(C(C)(C)c3ccc(OCc4cccc(C)c4)cc3)cc2)CC1. The molecule has 0 bridgehead atoms. The minimum atomic E-state index is -0.0911. The van der Waals surface area contributed by atoms with Crippen LogP contribution in [0.1, 0.15) is 75.1 Å². The van der Waals surface area contributed by atoms with E-state index in [1.807, 2.05) is 0 Å². The van der Waals surface area contributed by atoms with E-state index < -0.39 is 0 Å². The van der Waals surface area contributed by atoms with Crippen molar-refractivity contribution in [2.24, 2.45) is 11.8 Å². The van der Waals surface area contributed by atoms with Crippen molar-refractivity contribution in [3.8, 4) is 11.5 Å². The lowest BCUT2D eigenvalue weighted by Crippen LogP contribution is -2.20. The van der Waals surface area contributed by atoms with Gasteiger partial charge in [-0.05, 0) is 72.6 Å². The van der Waals surface area contributed by atoms with Gasteiger partial charge in [0.1, 0.15) is 18.1 Å². The fourth-order valence-electron chi connectivity index (χ4n) is 5.09. The smallest absolute Gasteiger partial charge is 0.119 e. The van der Waals surface area contributed by atoms with E-state index in [1.165, 1.54) is 54.4 Å². The second kappa shape index (κ2) is 11.1. The van der Waals surface area contributed by atoms with E-state index in [2.05, 4.69) is 100 Å². The van der Waals surface area contributed by atoms with Gasteiger partial charge in [0.2, 0.25) is 0 Å². The monoisotopic (exact) mass is 456 g/mol. The van der Waals surface area contributed by atoms with Crippen molar-refractivity contribution in [3.63, 3.8) is 0 Å². The summed E-state index contributed by atoms with van der Waals surface area (Å²) in [6, 6.07) is 25.7. The van der Waals surface area contributed by atoms with Gasteiger partial charge in [0.05, 0.1) is 6.61 Å². The van der Waals surface area contributed by atoms with E-state index >= 15 is 0 Å². The molecule has 0 heterocycles. The third-order valence-corrected chi connectivity index (χ3v) is 7.67. The molecule has 2 heteroatoms. The summed E-state index contributed by atoms with van der Waals surface area (Å²) in [5.41, 5.74) is 4.93. The maximum Gasteiger partial charge on any atom is 0.119 e. The van der Waals surface area contributed by atoms with Gasteiger partial charge in [0.25, 0.3) is 0 Å². The number of aryl methyl sites for hydroxylation is 1. The van der Waals surface area contributed by atoms with Crippen LogP contribution in [0.15, 0.2) is 72.8 Å². The minimum Gasteiger partial charge on any atom is -0.493 e. The first-order valence-corrected chi connectivity index (χ1v) is 13.0. The number of benzene rings is 3. The van der Waals surface area contributed by atoms with Gasteiger partial charge in [0.15, 0.2) is 0 Å². The predicted octanol–water partition coefficient (Wildman–Crippen LogP) is 8.50. The van der Waals surface area contributed by atoms with Crippen LogP contribution in [0.4, 0.5) is 0 Å². The van der Waals surface area contributed by atoms with E-state index in [9.17, 15) is 0 Å². The Morgan fingerprint density at radius 3 is 1.85 bits per heavy atom. The fraction of sp³-hybridized carbons (Fsp3) is 0.438. The summed E-state index contributed by atoms with van der Waals surface area (Å²) in [6.45, 7) is 10.4. The molecule has 0 N–H and O–H groups in total. The average molecular weight is 457 g/mol. The number of hydrogen-bond acceptors (Lipinski definition) is 2. The molecule has 1 fully saturated rings. The van der Waals surface area contributed by atoms with Crippen LogP contribution in [0.2, 0.25) is 0 Å². The highest BCUT2D eigenvalue weighted by atomic mass is 16.5. The standard InChI is InChI=1S/C32H40O2/c1-5-25-9-11-26(12-10-25)22-33-30-17-13-28(14-18-30)32(3,4)29-15-19-31(20-16-29)34-23-27-8-6-7-24(2)21-27/h6-8,13-21,25-26H,5,9-12,22-23H2,1-4H3. The van der Waals surface area contributed by atoms with Gasteiger partial charge in [0, 0.05) is 5.41 Å². The zero-order chi connectivity index (χ0) is 24.0. The Hall–Kier alpha value is -2.74. The maximum atomic E-state index is 6.16. The van der Waals surface area contributed by atoms with Crippen LogP contribution in [0.3, 0.4) is 0 Å². The molecule has 0 atom stereocenters. The first-order valence-electron chi connectivity index (χ1n) is 13.0. The molecule has 1 aliphatic carbocycles. The minimum absolute atomic E-state index is 0.0911. The van der Waals surface area contributed by atoms with Crippen LogP contribution in [-0.2, 0) is 12.0 Å². The molecule has 1 aliphatic rings. The predicted molar refractivity (Wildman–Crippen MR) is 142 cm³/mol. The number of rotatable bonds is 9. The second-order valence-corrected chi connectivity index (χ2v) is 10.6. The fourth-order valence-corrected chi connectivity index (χ4v) is 5.09. The van der Waals surface area contributed by atoms with Crippen LogP contribution in [0, 0.1) is 18.8 Å². The Balaban J connectivity index is 1.32. The summed E-state index contributed by atoms with van der Waals surface area (Å²) in [5.74, 6) is 3.53. The molecule has 180 valence electrons. The molecule has 0 unspecified atom stereocenters. The molecule has 0 aromatic heterocycles. The molecule has 0 radical (unpaired) electrons. The van der Waals surface area contributed by atoms with Gasteiger partial charge in [-0.3, -0.25) is 0 Å². The van der Waals surface area contributed by atoms with Gasteiger partial charge < -0.3 is 9.47 Å². The van der Waals surface area contributed by atoms with Crippen LogP contribution in [0.25, 0.3) is 0 Å². The summed E-state index contributed by atoms with van der Waals surface area (Å²) in [5, 5.41) is 0. The topological polar surface area (TPSA) is 18.5 Å². The Morgan fingerprint density at radius 1 is 0.735 bits per heavy atom. The van der Waals surface area contributed by atoms with Crippen LogP contribution >= 0.6 is 0 Å². The Bertz CT molecular complexity index is 1030. The summed E-state index contributed by atoms with van der Waals surface area (Å²) < 4.78 is 12.2. The molecule has 0 amide bonds. The summed E-state index contributed by atoms with van der Waals surface area (Å²) in [6.07, 6.45) is 6.69. The molecule has 4 rings (SSSR count). The molecule has 34 heavy (non-hydrogen) atoms. The lowest BCUT2D eigenvalue weighted by Gasteiger charge is -2.28. The number of hydrogen-bond donors (Lipinski definition) is 0. The highest BCUT2D eigenvalue weighted by Crippen LogP contribution is 2.34. The van der Waals surface area contributed by atoms with Crippen LogP contribution in [-0.4, -0.2) is 6.61 Å². The number of ether oxygens (including phenoxy) is 2. The molecule has 1 saturated carbocycles. The summed E-state index contributed by atoms with van der Waals surface area (Å²) in [4.78, 5) is 0. The van der Waals surface area contributed by atoms with Crippen molar-refractivity contribution >= 4 is 0 Å². The molecule has 3 aromatic rings.